The lowest BCUT2D eigenvalue weighted by Gasteiger charge is -2.11. The second kappa shape index (κ2) is 6.39. The molecule has 1 aromatic heterocycles. The summed E-state index contributed by atoms with van der Waals surface area (Å²) >= 11 is 0. The van der Waals surface area contributed by atoms with Crippen LogP contribution in [0.1, 0.15) is 39.7 Å². The van der Waals surface area contributed by atoms with Gasteiger partial charge in [0.05, 0.1) is 6.61 Å². The lowest BCUT2D eigenvalue weighted by Crippen LogP contribution is -2.18. The molecule has 0 aliphatic carbocycles. The van der Waals surface area contributed by atoms with Gasteiger partial charge in [0, 0.05) is 12.0 Å². The minimum atomic E-state index is -0.453. The highest BCUT2D eigenvalue weighted by Crippen LogP contribution is 2.19. The number of hydrogen-bond acceptors (Lipinski definition) is 4. The molecule has 0 aliphatic rings. The van der Waals surface area contributed by atoms with Crippen molar-refractivity contribution in [1.29, 1.82) is 0 Å². The van der Waals surface area contributed by atoms with E-state index in [4.69, 9.17) is 9.15 Å². The molecule has 1 heterocycles. The van der Waals surface area contributed by atoms with Gasteiger partial charge in [0.1, 0.15) is 11.3 Å². The third-order valence-corrected chi connectivity index (χ3v) is 3.38. The molecule has 0 bridgehead atoms. The second-order valence-corrected chi connectivity index (χ2v) is 4.81. The molecule has 0 unspecified atom stereocenters. The normalized spacial score (nSPS) is 10.4. The summed E-state index contributed by atoms with van der Waals surface area (Å²) in [5.74, 6) is -0.154. The molecule has 0 aliphatic heterocycles. The van der Waals surface area contributed by atoms with Crippen LogP contribution in [0.3, 0.4) is 0 Å². The molecule has 0 saturated heterocycles. The Hall–Kier alpha value is -2.36. The minimum Gasteiger partial charge on any atom is -0.462 e. The second-order valence-electron chi connectivity index (χ2n) is 4.81. The molecule has 0 atom stereocenters. The Kier molecular flexibility index (Phi) is 4.58. The van der Waals surface area contributed by atoms with Gasteiger partial charge in [-0.1, -0.05) is 30.3 Å². The van der Waals surface area contributed by atoms with Gasteiger partial charge in [-0.25, -0.2) is 9.59 Å². The van der Waals surface area contributed by atoms with Gasteiger partial charge < -0.3 is 9.15 Å². The first kappa shape index (κ1) is 15.0. The van der Waals surface area contributed by atoms with Crippen LogP contribution in [-0.2, 0) is 11.2 Å². The Morgan fingerprint density at radius 2 is 1.86 bits per heavy atom. The van der Waals surface area contributed by atoms with Crippen molar-refractivity contribution in [3.05, 3.63) is 68.8 Å². The van der Waals surface area contributed by atoms with Crippen LogP contribution >= 0.6 is 0 Å². The fourth-order valence-corrected chi connectivity index (χ4v) is 2.32. The topological polar surface area (TPSA) is 56.5 Å². The number of rotatable bonds is 4. The summed E-state index contributed by atoms with van der Waals surface area (Å²) in [5, 5.41) is 0. The number of ether oxygens (including phenoxy) is 1. The van der Waals surface area contributed by atoms with Gasteiger partial charge in [0.25, 0.3) is 0 Å². The predicted molar refractivity (Wildman–Crippen MR) is 79.7 cm³/mol. The van der Waals surface area contributed by atoms with E-state index >= 15 is 0 Å². The fourth-order valence-electron chi connectivity index (χ4n) is 2.32. The minimum absolute atomic E-state index is 0.283. The molecule has 21 heavy (non-hydrogen) atoms. The Morgan fingerprint density at radius 3 is 2.48 bits per heavy atom. The SMILES string of the molecule is CCOC(=O)c1c(C)oc(=O)c(Cc2ccccc2)c1C. The number of aryl methyl sites for hydroxylation is 1. The summed E-state index contributed by atoms with van der Waals surface area (Å²) in [7, 11) is 0. The zero-order chi connectivity index (χ0) is 15.4. The van der Waals surface area contributed by atoms with Crippen molar-refractivity contribution in [1.82, 2.24) is 0 Å². The van der Waals surface area contributed by atoms with E-state index in [1.54, 1.807) is 20.8 Å². The van der Waals surface area contributed by atoms with Crippen LogP contribution in [-0.4, -0.2) is 12.6 Å². The average Bonchev–Trinajstić information content (AvgIpc) is 2.44. The van der Waals surface area contributed by atoms with Gasteiger partial charge in [0.15, 0.2) is 0 Å². The van der Waals surface area contributed by atoms with Gasteiger partial charge in [0.2, 0.25) is 0 Å². The van der Waals surface area contributed by atoms with Crippen LogP contribution in [0.4, 0.5) is 0 Å². The third kappa shape index (κ3) is 3.21. The molecule has 0 spiro atoms. The Morgan fingerprint density at radius 1 is 1.19 bits per heavy atom. The van der Waals surface area contributed by atoms with Gasteiger partial charge in [-0.3, -0.25) is 0 Å². The summed E-state index contributed by atoms with van der Waals surface area (Å²) < 4.78 is 10.2. The molecular formula is C17H18O4. The van der Waals surface area contributed by atoms with Gasteiger partial charge in [-0.2, -0.15) is 0 Å². The zero-order valence-electron chi connectivity index (χ0n) is 12.4. The van der Waals surface area contributed by atoms with E-state index in [1.807, 2.05) is 30.3 Å². The van der Waals surface area contributed by atoms with Gasteiger partial charge >= 0.3 is 11.6 Å². The number of carbonyl (C=O) groups excluding carboxylic acids is 1. The van der Waals surface area contributed by atoms with E-state index in [2.05, 4.69) is 0 Å². The average molecular weight is 286 g/mol. The fraction of sp³-hybridized carbons (Fsp3) is 0.294. The van der Waals surface area contributed by atoms with Crippen LogP contribution in [0.15, 0.2) is 39.5 Å². The predicted octanol–water partition coefficient (Wildman–Crippen LogP) is 3.02. The maximum absolute atomic E-state index is 12.1. The molecule has 0 N–H and O–H groups in total. The maximum atomic E-state index is 12.1. The molecule has 110 valence electrons. The van der Waals surface area contributed by atoms with E-state index in [9.17, 15) is 9.59 Å². The smallest absolute Gasteiger partial charge is 0.341 e. The van der Waals surface area contributed by atoms with Crippen molar-refractivity contribution >= 4 is 5.97 Å². The molecule has 4 nitrogen and oxygen atoms in total. The van der Waals surface area contributed by atoms with Gasteiger partial charge in [-0.05, 0) is 31.9 Å². The molecular weight excluding hydrogens is 268 g/mol. The summed E-state index contributed by atoms with van der Waals surface area (Å²) in [4.78, 5) is 24.1. The van der Waals surface area contributed by atoms with E-state index in [0.29, 0.717) is 28.9 Å². The number of benzene rings is 1. The zero-order valence-corrected chi connectivity index (χ0v) is 12.4. The summed E-state index contributed by atoms with van der Waals surface area (Å²) in [6.45, 7) is 5.39. The largest absolute Gasteiger partial charge is 0.462 e. The third-order valence-electron chi connectivity index (χ3n) is 3.38. The lowest BCUT2D eigenvalue weighted by molar-refractivity contribution is 0.0520. The van der Waals surface area contributed by atoms with E-state index in [0.717, 1.165) is 5.56 Å². The van der Waals surface area contributed by atoms with E-state index in [-0.39, 0.29) is 6.61 Å². The summed E-state index contributed by atoms with van der Waals surface area (Å²) in [6, 6.07) is 9.60. The Labute approximate surface area is 123 Å². The molecule has 2 rings (SSSR count). The highest BCUT2D eigenvalue weighted by atomic mass is 16.5. The first-order valence-electron chi connectivity index (χ1n) is 6.88. The molecule has 0 radical (unpaired) electrons. The Bertz CT molecular complexity index is 699. The Balaban J connectivity index is 2.49. The summed E-state index contributed by atoms with van der Waals surface area (Å²) in [5.41, 5.74) is 2.07. The van der Waals surface area contributed by atoms with Crippen molar-refractivity contribution in [3.8, 4) is 0 Å². The monoisotopic (exact) mass is 286 g/mol. The number of hydrogen-bond donors (Lipinski definition) is 0. The van der Waals surface area contributed by atoms with Crippen molar-refractivity contribution < 1.29 is 13.9 Å². The van der Waals surface area contributed by atoms with Crippen LogP contribution in [0.25, 0.3) is 0 Å². The highest BCUT2D eigenvalue weighted by Gasteiger charge is 2.21. The molecule has 0 saturated carbocycles. The van der Waals surface area contributed by atoms with Crippen LogP contribution in [0.5, 0.6) is 0 Å². The van der Waals surface area contributed by atoms with Crippen molar-refractivity contribution in [3.63, 3.8) is 0 Å². The van der Waals surface area contributed by atoms with Crippen molar-refractivity contribution in [2.45, 2.75) is 27.2 Å². The first-order valence-corrected chi connectivity index (χ1v) is 6.88. The standard InChI is InChI=1S/C17H18O4/c1-4-20-17(19)15-11(2)14(16(18)21-12(15)3)10-13-8-6-5-7-9-13/h5-9H,4,10H2,1-3H3. The quantitative estimate of drug-likeness (QED) is 0.811. The first-order chi connectivity index (χ1) is 10.0. The molecule has 1 aromatic carbocycles. The van der Waals surface area contributed by atoms with Crippen LogP contribution < -0.4 is 5.63 Å². The van der Waals surface area contributed by atoms with Crippen molar-refractivity contribution in [2.24, 2.45) is 0 Å². The van der Waals surface area contributed by atoms with Crippen LogP contribution in [0.2, 0.25) is 0 Å². The molecule has 4 heteroatoms. The van der Waals surface area contributed by atoms with Crippen molar-refractivity contribution in [2.75, 3.05) is 6.61 Å². The van der Waals surface area contributed by atoms with Crippen LogP contribution in [0, 0.1) is 13.8 Å². The molecule has 0 fully saturated rings. The molecule has 0 amide bonds. The summed E-state index contributed by atoms with van der Waals surface area (Å²) in [6.07, 6.45) is 0.432. The lowest BCUT2D eigenvalue weighted by atomic mass is 9.98. The van der Waals surface area contributed by atoms with Gasteiger partial charge in [-0.15, -0.1) is 0 Å². The van der Waals surface area contributed by atoms with E-state index < -0.39 is 11.6 Å². The number of esters is 1. The number of carbonyl (C=O) groups is 1. The van der Waals surface area contributed by atoms with E-state index in [1.165, 1.54) is 0 Å². The highest BCUT2D eigenvalue weighted by molar-refractivity contribution is 5.92. The molecule has 2 aromatic rings. The maximum Gasteiger partial charge on any atom is 0.341 e.